The van der Waals surface area contributed by atoms with Crippen LogP contribution in [0.25, 0.3) is 0 Å². The summed E-state index contributed by atoms with van der Waals surface area (Å²) in [5.41, 5.74) is 1.46. The Morgan fingerprint density at radius 2 is 2.24 bits per heavy atom. The second kappa shape index (κ2) is 4.98. The standard InChI is InChI=1S/C12H15F2NO2/c1-7-8(11-9(16)5-6-15-11)3-2-4-10(7)17-12(13)14/h2-4,9,11-12,15-16H,5-6H2,1H3/t9-,11-/m1/s1. The molecule has 1 saturated heterocycles. The molecule has 17 heavy (non-hydrogen) atoms. The summed E-state index contributed by atoms with van der Waals surface area (Å²) in [4.78, 5) is 0. The third-order valence-electron chi connectivity index (χ3n) is 3.07. The highest BCUT2D eigenvalue weighted by molar-refractivity contribution is 5.41. The van der Waals surface area contributed by atoms with Crippen LogP contribution in [0, 0.1) is 6.92 Å². The predicted molar refractivity (Wildman–Crippen MR) is 59.2 cm³/mol. The van der Waals surface area contributed by atoms with Gasteiger partial charge in [-0.1, -0.05) is 12.1 Å². The molecular formula is C12H15F2NO2. The van der Waals surface area contributed by atoms with Crippen LogP contribution in [0.1, 0.15) is 23.6 Å². The van der Waals surface area contributed by atoms with Crippen LogP contribution in [0.3, 0.4) is 0 Å². The summed E-state index contributed by atoms with van der Waals surface area (Å²) in [6.45, 7) is -0.379. The van der Waals surface area contributed by atoms with Gasteiger partial charge in [0.05, 0.1) is 12.1 Å². The summed E-state index contributed by atoms with van der Waals surface area (Å²) in [6, 6.07) is 4.79. The maximum absolute atomic E-state index is 12.2. The third-order valence-corrected chi connectivity index (χ3v) is 3.07. The van der Waals surface area contributed by atoms with E-state index in [0.29, 0.717) is 12.0 Å². The van der Waals surface area contributed by atoms with Crippen LogP contribution in [0.4, 0.5) is 8.78 Å². The van der Waals surface area contributed by atoms with Gasteiger partial charge in [0.25, 0.3) is 0 Å². The summed E-state index contributed by atoms with van der Waals surface area (Å²) in [5.74, 6) is 0.165. The number of aliphatic hydroxyl groups is 1. The molecule has 1 aliphatic rings. The fourth-order valence-electron chi connectivity index (χ4n) is 2.20. The van der Waals surface area contributed by atoms with Gasteiger partial charge in [0.15, 0.2) is 0 Å². The number of nitrogens with one attached hydrogen (secondary N) is 1. The minimum absolute atomic E-state index is 0.165. The Bertz CT molecular complexity index is 398. The number of hydrogen-bond donors (Lipinski definition) is 2. The first-order valence-corrected chi connectivity index (χ1v) is 5.55. The van der Waals surface area contributed by atoms with Crippen molar-refractivity contribution in [2.45, 2.75) is 32.1 Å². The summed E-state index contributed by atoms with van der Waals surface area (Å²) in [7, 11) is 0. The number of alkyl halides is 2. The number of hydrogen-bond acceptors (Lipinski definition) is 3. The minimum atomic E-state index is -2.83. The first kappa shape index (κ1) is 12.3. The molecule has 1 fully saturated rings. The SMILES string of the molecule is Cc1c(OC(F)F)cccc1[C@H]1NCC[C@H]1O. The van der Waals surface area contributed by atoms with Crippen molar-refractivity contribution in [3.8, 4) is 5.75 Å². The normalized spacial score (nSPS) is 24.3. The number of aliphatic hydroxyl groups excluding tert-OH is 1. The molecule has 3 nitrogen and oxygen atoms in total. The average Bonchev–Trinajstić information content (AvgIpc) is 2.67. The van der Waals surface area contributed by atoms with Gasteiger partial charge in [-0.25, -0.2) is 0 Å². The van der Waals surface area contributed by atoms with E-state index >= 15 is 0 Å². The Morgan fingerprint density at radius 3 is 2.82 bits per heavy atom. The van der Waals surface area contributed by atoms with Crippen LogP contribution in [0.5, 0.6) is 5.75 Å². The van der Waals surface area contributed by atoms with E-state index in [1.165, 1.54) is 6.07 Å². The van der Waals surface area contributed by atoms with E-state index in [1.54, 1.807) is 13.0 Å². The molecule has 5 heteroatoms. The highest BCUT2D eigenvalue weighted by atomic mass is 19.3. The zero-order valence-electron chi connectivity index (χ0n) is 9.49. The molecule has 2 N–H and O–H groups in total. The van der Waals surface area contributed by atoms with Gasteiger partial charge in [-0.3, -0.25) is 0 Å². The molecular weight excluding hydrogens is 228 g/mol. The molecule has 0 saturated carbocycles. The van der Waals surface area contributed by atoms with Crippen molar-refractivity contribution in [1.82, 2.24) is 5.32 Å². The Kier molecular flexibility index (Phi) is 3.59. The van der Waals surface area contributed by atoms with Crippen molar-refractivity contribution >= 4 is 0 Å². The molecule has 0 bridgehead atoms. The molecule has 1 aliphatic heterocycles. The zero-order chi connectivity index (χ0) is 12.4. The van der Waals surface area contributed by atoms with Crippen molar-refractivity contribution in [2.24, 2.45) is 0 Å². The topological polar surface area (TPSA) is 41.5 Å². The fraction of sp³-hybridized carbons (Fsp3) is 0.500. The van der Waals surface area contributed by atoms with Crippen molar-refractivity contribution in [3.05, 3.63) is 29.3 Å². The summed E-state index contributed by atoms with van der Waals surface area (Å²) in [5, 5.41) is 12.9. The molecule has 94 valence electrons. The lowest BCUT2D eigenvalue weighted by Crippen LogP contribution is -2.22. The third kappa shape index (κ3) is 2.56. The Hall–Kier alpha value is -1.20. The lowest BCUT2D eigenvalue weighted by Gasteiger charge is -2.19. The van der Waals surface area contributed by atoms with Crippen molar-refractivity contribution < 1.29 is 18.6 Å². The van der Waals surface area contributed by atoms with Crippen LogP contribution in [0.2, 0.25) is 0 Å². The van der Waals surface area contributed by atoms with Gasteiger partial charge in [0.2, 0.25) is 0 Å². The molecule has 0 aromatic heterocycles. The Balaban J connectivity index is 2.28. The van der Waals surface area contributed by atoms with Crippen LogP contribution >= 0.6 is 0 Å². The van der Waals surface area contributed by atoms with Crippen molar-refractivity contribution in [2.75, 3.05) is 6.54 Å². The van der Waals surface area contributed by atoms with Crippen LogP contribution in [0.15, 0.2) is 18.2 Å². The Labute approximate surface area is 98.4 Å². The van der Waals surface area contributed by atoms with Crippen molar-refractivity contribution in [3.63, 3.8) is 0 Å². The Morgan fingerprint density at radius 1 is 1.47 bits per heavy atom. The van der Waals surface area contributed by atoms with E-state index in [2.05, 4.69) is 10.1 Å². The van der Waals surface area contributed by atoms with Crippen LogP contribution < -0.4 is 10.1 Å². The molecule has 1 aromatic carbocycles. The molecule has 2 rings (SSSR count). The monoisotopic (exact) mass is 243 g/mol. The van der Waals surface area contributed by atoms with Crippen molar-refractivity contribution in [1.29, 1.82) is 0 Å². The largest absolute Gasteiger partial charge is 0.435 e. The zero-order valence-corrected chi connectivity index (χ0v) is 9.49. The van der Waals surface area contributed by atoms with E-state index in [1.807, 2.05) is 6.07 Å². The van der Waals surface area contributed by atoms with Gasteiger partial charge in [-0.05, 0) is 37.1 Å². The highest BCUT2D eigenvalue weighted by Gasteiger charge is 2.28. The van der Waals surface area contributed by atoms with Gasteiger partial charge < -0.3 is 15.2 Å². The van der Waals surface area contributed by atoms with E-state index in [0.717, 1.165) is 12.1 Å². The van der Waals surface area contributed by atoms with E-state index in [4.69, 9.17) is 0 Å². The van der Waals surface area contributed by atoms with Gasteiger partial charge in [-0.2, -0.15) is 8.78 Å². The first-order valence-electron chi connectivity index (χ1n) is 5.55. The summed E-state index contributed by atoms with van der Waals surface area (Å²) < 4.78 is 28.8. The first-order chi connectivity index (χ1) is 8.09. The minimum Gasteiger partial charge on any atom is -0.435 e. The molecule has 2 atom stereocenters. The number of halogens is 2. The molecule has 0 amide bonds. The van der Waals surface area contributed by atoms with Crippen LogP contribution in [-0.4, -0.2) is 24.4 Å². The van der Waals surface area contributed by atoms with E-state index in [9.17, 15) is 13.9 Å². The lowest BCUT2D eigenvalue weighted by atomic mass is 9.97. The number of ether oxygens (including phenoxy) is 1. The van der Waals surface area contributed by atoms with Gasteiger partial charge in [0, 0.05) is 0 Å². The van der Waals surface area contributed by atoms with Gasteiger partial charge >= 0.3 is 6.61 Å². The van der Waals surface area contributed by atoms with Gasteiger partial charge in [0.1, 0.15) is 5.75 Å². The maximum Gasteiger partial charge on any atom is 0.387 e. The van der Waals surface area contributed by atoms with E-state index < -0.39 is 12.7 Å². The highest BCUT2D eigenvalue weighted by Crippen LogP contribution is 2.31. The molecule has 1 heterocycles. The molecule has 1 aromatic rings. The summed E-state index contributed by atoms with van der Waals surface area (Å²) in [6.07, 6.45) is 0.194. The number of benzene rings is 1. The lowest BCUT2D eigenvalue weighted by molar-refractivity contribution is -0.0503. The molecule has 0 unspecified atom stereocenters. The van der Waals surface area contributed by atoms with Gasteiger partial charge in [-0.15, -0.1) is 0 Å². The average molecular weight is 243 g/mol. The maximum atomic E-state index is 12.2. The second-order valence-corrected chi connectivity index (χ2v) is 4.14. The predicted octanol–water partition coefficient (Wildman–Crippen LogP) is 1.99. The van der Waals surface area contributed by atoms with Crippen LogP contribution in [-0.2, 0) is 0 Å². The fourth-order valence-corrected chi connectivity index (χ4v) is 2.20. The molecule has 0 spiro atoms. The van der Waals surface area contributed by atoms with E-state index in [-0.39, 0.29) is 11.8 Å². The summed E-state index contributed by atoms with van der Waals surface area (Å²) >= 11 is 0. The molecule has 0 aliphatic carbocycles. The quantitative estimate of drug-likeness (QED) is 0.853. The second-order valence-electron chi connectivity index (χ2n) is 4.14. The molecule has 0 radical (unpaired) electrons. The smallest absolute Gasteiger partial charge is 0.387 e. The number of rotatable bonds is 3.